The molecule has 2 aromatic rings. The molecule has 2 heterocycles. The summed E-state index contributed by atoms with van der Waals surface area (Å²) in [6.45, 7) is 8.20. The molecule has 1 aliphatic carbocycles. The van der Waals surface area contributed by atoms with Crippen molar-refractivity contribution in [3.05, 3.63) is 58.0 Å². The molecule has 6 nitrogen and oxygen atoms in total. The van der Waals surface area contributed by atoms with E-state index in [1.807, 2.05) is 6.20 Å². The van der Waals surface area contributed by atoms with E-state index >= 15 is 0 Å². The third kappa shape index (κ3) is 6.36. The van der Waals surface area contributed by atoms with Crippen LogP contribution >= 0.6 is 11.6 Å². The number of aromatic nitrogens is 1. The Kier molecular flexibility index (Phi) is 7.93. The highest BCUT2D eigenvalue weighted by atomic mass is 35.5. The van der Waals surface area contributed by atoms with Crippen LogP contribution in [0.25, 0.3) is 0 Å². The second-order valence-electron chi connectivity index (χ2n) is 11.6. The average molecular weight is 518 g/mol. The number of aliphatic hydroxyl groups excluding tert-OH is 1. The number of pyridine rings is 1. The van der Waals surface area contributed by atoms with Gasteiger partial charge in [0.25, 0.3) is 0 Å². The largest absolute Gasteiger partial charge is 0.471 e. The third-order valence-electron chi connectivity index (χ3n) is 7.10. The molecule has 0 radical (unpaired) electrons. The van der Waals surface area contributed by atoms with E-state index in [0.717, 1.165) is 43.2 Å². The fourth-order valence-corrected chi connectivity index (χ4v) is 5.43. The van der Waals surface area contributed by atoms with Gasteiger partial charge in [0.05, 0.1) is 17.2 Å². The number of nitrogens with one attached hydrogen (secondary N) is 2. The molecule has 1 saturated carbocycles. The van der Waals surface area contributed by atoms with Gasteiger partial charge in [-0.2, -0.15) is 0 Å². The zero-order valence-corrected chi connectivity index (χ0v) is 22.3. The predicted molar refractivity (Wildman–Crippen MR) is 139 cm³/mol. The summed E-state index contributed by atoms with van der Waals surface area (Å²) in [4.78, 5) is 16.5. The van der Waals surface area contributed by atoms with Crippen LogP contribution in [0, 0.1) is 11.2 Å². The number of aliphatic hydroxyl groups is 1. The molecule has 1 aromatic carbocycles. The van der Waals surface area contributed by atoms with Gasteiger partial charge in [-0.1, -0.05) is 44.5 Å². The molecule has 3 atom stereocenters. The number of nitrogens with zero attached hydrogens (tertiary/aromatic N) is 1. The van der Waals surface area contributed by atoms with E-state index in [2.05, 4.69) is 42.5 Å². The summed E-state index contributed by atoms with van der Waals surface area (Å²) in [5, 5.41) is 17.4. The second kappa shape index (κ2) is 10.6. The Morgan fingerprint density at radius 1 is 1.36 bits per heavy atom. The number of halogens is 2. The topological polar surface area (TPSA) is 83.5 Å². The third-order valence-corrected chi connectivity index (χ3v) is 7.39. The minimum Gasteiger partial charge on any atom is -0.471 e. The van der Waals surface area contributed by atoms with Gasteiger partial charge in [0.2, 0.25) is 11.8 Å². The highest BCUT2D eigenvalue weighted by Gasteiger charge is 2.46. The summed E-state index contributed by atoms with van der Waals surface area (Å²) in [6, 6.07) is 6.20. The summed E-state index contributed by atoms with van der Waals surface area (Å²) >= 11 is 5.94. The van der Waals surface area contributed by atoms with Gasteiger partial charge in [0, 0.05) is 37.7 Å². The summed E-state index contributed by atoms with van der Waals surface area (Å²) in [7, 11) is 0. The fourth-order valence-electron chi connectivity index (χ4n) is 5.24. The second-order valence-corrected chi connectivity index (χ2v) is 12.0. The van der Waals surface area contributed by atoms with Crippen molar-refractivity contribution in [2.45, 2.75) is 90.0 Å². The minimum absolute atomic E-state index is 0.0184. The number of hydrogen-bond donors (Lipinski definition) is 3. The van der Waals surface area contributed by atoms with E-state index in [-0.39, 0.29) is 41.0 Å². The molecule has 0 bridgehead atoms. The normalized spacial score (nSPS) is 20.1. The maximum absolute atomic E-state index is 14.5. The maximum atomic E-state index is 14.5. The number of rotatable bonds is 8. The van der Waals surface area contributed by atoms with Gasteiger partial charge in [-0.25, -0.2) is 9.37 Å². The van der Waals surface area contributed by atoms with Crippen LogP contribution in [0.4, 0.5) is 4.39 Å². The Labute approximate surface area is 218 Å². The zero-order chi connectivity index (χ0) is 26.1. The quantitative estimate of drug-likeness (QED) is 0.463. The van der Waals surface area contributed by atoms with Gasteiger partial charge in [0.1, 0.15) is 11.4 Å². The molecule has 1 spiro atoms. The lowest BCUT2D eigenvalue weighted by atomic mass is 9.73. The molecular formula is C28H37ClFN3O3. The minimum atomic E-state index is -0.943. The number of fused-ring (bicyclic) bond motifs is 1. The van der Waals surface area contributed by atoms with Crippen molar-refractivity contribution < 1.29 is 19.0 Å². The van der Waals surface area contributed by atoms with Crippen LogP contribution in [-0.4, -0.2) is 40.3 Å². The number of hydrogen-bond acceptors (Lipinski definition) is 5. The van der Waals surface area contributed by atoms with E-state index in [9.17, 15) is 14.3 Å². The van der Waals surface area contributed by atoms with Gasteiger partial charge in [-0.15, -0.1) is 0 Å². The lowest BCUT2D eigenvalue weighted by Crippen LogP contribution is -2.52. The van der Waals surface area contributed by atoms with Crippen molar-refractivity contribution in [1.29, 1.82) is 0 Å². The number of benzene rings is 1. The first-order valence-electron chi connectivity index (χ1n) is 12.7. The Bertz CT molecular complexity index is 1100. The highest BCUT2D eigenvalue weighted by Crippen LogP contribution is 2.48. The van der Waals surface area contributed by atoms with Gasteiger partial charge in [0.15, 0.2) is 0 Å². The van der Waals surface area contributed by atoms with Crippen molar-refractivity contribution in [3.8, 4) is 5.88 Å². The maximum Gasteiger partial charge on any atom is 0.218 e. The Hall–Kier alpha value is -2.22. The van der Waals surface area contributed by atoms with Gasteiger partial charge >= 0.3 is 0 Å². The van der Waals surface area contributed by atoms with E-state index in [0.29, 0.717) is 11.4 Å². The standard InChI is InChI=1S/C28H37ClFN3O3/c1-17(34)33-22(12-19-7-5-8-21(29)25(19)30)24(35)16-31-23-14-28(9-6-10-28)36-26-20(23)11-18(15-32-26)13-27(2,3)4/h5,7-8,11,15,22-24,31,35H,6,9-10,12-14,16H2,1-4H3,(H,33,34)/t22-,23+,24+/m1/s1. The van der Waals surface area contributed by atoms with Gasteiger partial charge < -0.3 is 20.5 Å². The summed E-state index contributed by atoms with van der Waals surface area (Å²) in [5.74, 6) is -0.162. The van der Waals surface area contributed by atoms with Crippen LogP contribution in [0.2, 0.25) is 5.02 Å². The molecule has 1 amide bonds. The molecular weight excluding hydrogens is 481 g/mol. The average Bonchev–Trinajstić information content (AvgIpc) is 2.77. The van der Waals surface area contributed by atoms with Crippen molar-refractivity contribution in [2.24, 2.45) is 5.41 Å². The molecule has 8 heteroatoms. The van der Waals surface area contributed by atoms with Crippen LogP contribution in [0.1, 0.15) is 76.1 Å². The molecule has 0 unspecified atom stereocenters. The van der Waals surface area contributed by atoms with Crippen molar-refractivity contribution >= 4 is 17.5 Å². The molecule has 0 saturated heterocycles. The molecule has 196 valence electrons. The number of carbonyl (C=O) groups excluding carboxylic acids is 1. The molecule has 36 heavy (non-hydrogen) atoms. The Morgan fingerprint density at radius 3 is 2.75 bits per heavy atom. The van der Waals surface area contributed by atoms with Crippen LogP contribution < -0.4 is 15.4 Å². The molecule has 2 aliphatic rings. The molecule has 1 aliphatic heterocycles. The zero-order valence-electron chi connectivity index (χ0n) is 21.5. The summed E-state index contributed by atoms with van der Waals surface area (Å²) in [6.07, 6.45) is 5.87. The fraction of sp³-hybridized carbons (Fsp3) is 0.571. The van der Waals surface area contributed by atoms with E-state index in [1.54, 1.807) is 12.1 Å². The first kappa shape index (κ1) is 26.8. The first-order valence-corrected chi connectivity index (χ1v) is 13.1. The van der Waals surface area contributed by atoms with E-state index in [4.69, 9.17) is 16.3 Å². The van der Waals surface area contributed by atoms with Gasteiger partial charge in [-0.05, 0) is 60.8 Å². The lowest BCUT2D eigenvalue weighted by Gasteiger charge is -2.47. The first-order chi connectivity index (χ1) is 16.9. The van der Waals surface area contributed by atoms with E-state index < -0.39 is 18.0 Å². The van der Waals surface area contributed by atoms with Crippen LogP contribution in [0.5, 0.6) is 5.88 Å². The highest BCUT2D eigenvalue weighted by molar-refractivity contribution is 6.30. The van der Waals surface area contributed by atoms with Gasteiger partial charge in [-0.3, -0.25) is 4.79 Å². The Morgan fingerprint density at radius 2 is 2.11 bits per heavy atom. The summed E-state index contributed by atoms with van der Waals surface area (Å²) < 4.78 is 20.9. The van der Waals surface area contributed by atoms with Crippen molar-refractivity contribution in [1.82, 2.24) is 15.6 Å². The van der Waals surface area contributed by atoms with Crippen molar-refractivity contribution in [2.75, 3.05) is 6.54 Å². The lowest BCUT2D eigenvalue weighted by molar-refractivity contribution is -0.120. The monoisotopic (exact) mass is 517 g/mol. The SMILES string of the molecule is CC(=O)N[C@H](Cc1cccc(Cl)c1F)[C@@H](O)CN[C@H]1CC2(CCC2)Oc2ncc(CC(C)(C)C)cc21. The smallest absolute Gasteiger partial charge is 0.218 e. The van der Waals surface area contributed by atoms with Crippen LogP contribution in [0.3, 0.4) is 0 Å². The number of carbonyl (C=O) groups is 1. The van der Waals surface area contributed by atoms with E-state index in [1.165, 1.54) is 13.0 Å². The Balaban J connectivity index is 1.52. The number of amides is 1. The molecule has 3 N–H and O–H groups in total. The van der Waals surface area contributed by atoms with Crippen molar-refractivity contribution in [3.63, 3.8) is 0 Å². The summed E-state index contributed by atoms with van der Waals surface area (Å²) in [5.41, 5.74) is 2.41. The molecule has 4 rings (SSSR count). The predicted octanol–water partition coefficient (Wildman–Crippen LogP) is 4.91. The molecule has 1 fully saturated rings. The van der Waals surface area contributed by atoms with Crippen LogP contribution in [-0.2, 0) is 17.6 Å². The molecule has 1 aromatic heterocycles. The van der Waals surface area contributed by atoms with Crippen LogP contribution in [0.15, 0.2) is 30.5 Å². The number of ether oxygens (including phenoxy) is 1.